The maximum Gasteiger partial charge on any atom is 0.240 e. The molecule has 108 valence electrons. The minimum Gasteiger partial charge on any atom is -0.480 e. The van der Waals surface area contributed by atoms with Crippen LogP contribution in [-0.2, 0) is 9.84 Å². The summed E-state index contributed by atoms with van der Waals surface area (Å²) < 4.78 is 32.4. The van der Waals surface area contributed by atoms with Gasteiger partial charge in [-0.05, 0) is 13.8 Å². The fourth-order valence-corrected chi connectivity index (χ4v) is 1.96. The summed E-state index contributed by atoms with van der Waals surface area (Å²) >= 11 is 0. The van der Waals surface area contributed by atoms with Crippen LogP contribution in [0.2, 0.25) is 0 Å². The number of ether oxygens (including phenoxy) is 2. The van der Waals surface area contributed by atoms with Crippen molar-refractivity contribution < 1.29 is 17.9 Å². The van der Waals surface area contributed by atoms with Gasteiger partial charge in [0.1, 0.15) is 5.69 Å². The zero-order valence-electron chi connectivity index (χ0n) is 11.7. The number of hydrogen-bond donors (Lipinski definition) is 1. The first-order valence-corrected chi connectivity index (χ1v) is 7.44. The largest absolute Gasteiger partial charge is 0.480 e. The van der Waals surface area contributed by atoms with Crippen LogP contribution in [0.15, 0.2) is 6.20 Å². The van der Waals surface area contributed by atoms with Crippen molar-refractivity contribution >= 4 is 9.84 Å². The molecule has 1 heterocycles. The van der Waals surface area contributed by atoms with Crippen LogP contribution in [0.3, 0.4) is 0 Å². The van der Waals surface area contributed by atoms with Gasteiger partial charge in [-0.15, -0.1) is 0 Å². The Labute approximate surface area is 113 Å². The van der Waals surface area contributed by atoms with E-state index >= 15 is 0 Å². The van der Waals surface area contributed by atoms with Crippen LogP contribution < -0.4 is 15.2 Å². The highest BCUT2D eigenvalue weighted by molar-refractivity contribution is 7.92. The third kappa shape index (κ3) is 2.95. The van der Waals surface area contributed by atoms with Gasteiger partial charge in [0.15, 0.2) is 9.84 Å². The van der Waals surface area contributed by atoms with Crippen molar-refractivity contribution in [2.45, 2.75) is 24.6 Å². The van der Waals surface area contributed by atoms with Crippen LogP contribution in [0.5, 0.6) is 11.8 Å². The molecule has 0 saturated heterocycles. The van der Waals surface area contributed by atoms with Crippen LogP contribution in [0.25, 0.3) is 0 Å². The third-order valence-electron chi connectivity index (χ3n) is 3.15. The number of aromatic nitrogens is 2. The van der Waals surface area contributed by atoms with E-state index in [4.69, 9.17) is 15.2 Å². The Hall–Kier alpha value is -1.41. The smallest absolute Gasteiger partial charge is 0.240 e. The van der Waals surface area contributed by atoms with Gasteiger partial charge in [-0.1, -0.05) is 0 Å². The van der Waals surface area contributed by atoms with Gasteiger partial charge >= 0.3 is 0 Å². The molecule has 0 radical (unpaired) electrons. The highest BCUT2D eigenvalue weighted by Gasteiger charge is 2.40. The van der Waals surface area contributed by atoms with Gasteiger partial charge in [0, 0.05) is 6.26 Å². The summed E-state index contributed by atoms with van der Waals surface area (Å²) in [6, 6.07) is -0.865. The first-order valence-electron chi connectivity index (χ1n) is 5.55. The Morgan fingerprint density at radius 2 is 1.89 bits per heavy atom. The van der Waals surface area contributed by atoms with Gasteiger partial charge in [0.05, 0.1) is 31.2 Å². The second-order valence-electron chi connectivity index (χ2n) is 4.66. The van der Waals surface area contributed by atoms with E-state index in [1.807, 2.05) is 0 Å². The summed E-state index contributed by atoms with van der Waals surface area (Å²) in [7, 11) is -0.512. The van der Waals surface area contributed by atoms with E-state index in [0.29, 0.717) is 0 Å². The molecule has 0 amide bonds. The average molecular weight is 289 g/mol. The lowest BCUT2D eigenvalue weighted by Crippen LogP contribution is -2.43. The molecule has 0 aromatic carbocycles. The number of nitrogens with two attached hydrogens (primary N) is 1. The van der Waals surface area contributed by atoms with Crippen molar-refractivity contribution in [2.24, 2.45) is 5.73 Å². The predicted molar refractivity (Wildman–Crippen MR) is 71.0 cm³/mol. The summed E-state index contributed by atoms with van der Waals surface area (Å²) in [5, 5.41) is 0. The van der Waals surface area contributed by atoms with Gasteiger partial charge in [0.25, 0.3) is 0 Å². The molecule has 1 aromatic rings. The van der Waals surface area contributed by atoms with Crippen molar-refractivity contribution in [1.82, 2.24) is 9.97 Å². The monoisotopic (exact) mass is 289 g/mol. The van der Waals surface area contributed by atoms with Gasteiger partial charge in [-0.25, -0.2) is 13.4 Å². The Balaban J connectivity index is 3.31. The maximum absolute atomic E-state index is 11.8. The van der Waals surface area contributed by atoms with Crippen LogP contribution >= 0.6 is 0 Å². The third-order valence-corrected chi connectivity index (χ3v) is 5.31. The van der Waals surface area contributed by atoms with Gasteiger partial charge in [0.2, 0.25) is 11.8 Å². The van der Waals surface area contributed by atoms with Gasteiger partial charge < -0.3 is 15.2 Å². The molecule has 0 aliphatic rings. The molecule has 0 fully saturated rings. The number of sulfone groups is 1. The van der Waals surface area contributed by atoms with Gasteiger partial charge in [-0.2, -0.15) is 4.98 Å². The molecule has 7 nitrogen and oxygen atoms in total. The molecule has 0 aliphatic carbocycles. The summed E-state index contributed by atoms with van der Waals surface area (Å²) in [6.45, 7) is 3.08. The summed E-state index contributed by atoms with van der Waals surface area (Å²) in [6.07, 6.45) is 2.51. The second kappa shape index (κ2) is 5.30. The van der Waals surface area contributed by atoms with E-state index in [0.717, 1.165) is 6.26 Å². The number of nitrogens with zero attached hydrogens (tertiary/aromatic N) is 2. The van der Waals surface area contributed by atoms with Gasteiger partial charge in [-0.3, -0.25) is 0 Å². The molecule has 1 atom stereocenters. The van der Waals surface area contributed by atoms with E-state index in [1.165, 1.54) is 20.4 Å². The molecular formula is C11H19N3O4S. The zero-order chi connectivity index (χ0) is 14.8. The lowest BCUT2D eigenvalue weighted by Gasteiger charge is -2.29. The molecule has 0 spiro atoms. The molecule has 1 aromatic heterocycles. The van der Waals surface area contributed by atoms with Crippen molar-refractivity contribution in [3.63, 3.8) is 0 Å². The standard InChI is InChI=1S/C11H19N3O4S/c1-11(2,19(5,15)16)9(12)8-10(18-4)14-7(17-3)6-13-8/h6,9H,12H2,1-5H3. The number of hydrogen-bond acceptors (Lipinski definition) is 7. The normalized spacial score (nSPS) is 14.0. The molecule has 1 unspecified atom stereocenters. The van der Waals surface area contributed by atoms with E-state index in [9.17, 15) is 8.42 Å². The van der Waals surface area contributed by atoms with Crippen LogP contribution in [0.1, 0.15) is 25.6 Å². The van der Waals surface area contributed by atoms with E-state index < -0.39 is 20.6 Å². The zero-order valence-corrected chi connectivity index (χ0v) is 12.5. The van der Waals surface area contributed by atoms with E-state index in [1.54, 1.807) is 13.8 Å². The molecule has 0 bridgehead atoms. The fraction of sp³-hybridized carbons (Fsp3) is 0.636. The van der Waals surface area contributed by atoms with Crippen LogP contribution in [-0.4, -0.2) is 43.6 Å². The molecule has 0 aliphatic heterocycles. The minimum absolute atomic E-state index is 0.156. The van der Waals surface area contributed by atoms with E-state index in [-0.39, 0.29) is 17.5 Å². The average Bonchev–Trinajstić information content (AvgIpc) is 2.35. The SMILES string of the molecule is COc1cnc(C(N)C(C)(C)S(C)(=O)=O)c(OC)n1. The Bertz CT molecular complexity index is 557. The maximum atomic E-state index is 11.8. The minimum atomic E-state index is -3.37. The molecule has 1 rings (SSSR count). The summed E-state index contributed by atoms with van der Waals surface area (Å²) in [5.41, 5.74) is 6.30. The highest BCUT2D eigenvalue weighted by Crippen LogP contribution is 2.33. The Morgan fingerprint density at radius 1 is 1.32 bits per heavy atom. The first kappa shape index (κ1) is 15.6. The topological polar surface area (TPSA) is 104 Å². The van der Waals surface area contributed by atoms with E-state index in [2.05, 4.69) is 9.97 Å². The second-order valence-corrected chi connectivity index (χ2v) is 7.26. The quantitative estimate of drug-likeness (QED) is 0.832. The lowest BCUT2D eigenvalue weighted by molar-refractivity contribution is 0.349. The molecule has 8 heteroatoms. The van der Waals surface area contributed by atoms with Crippen molar-refractivity contribution in [3.05, 3.63) is 11.9 Å². The Morgan fingerprint density at radius 3 is 2.32 bits per heavy atom. The van der Waals surface area contributed by atoms with Crippen molar-refractivity contribution in [3.8, 4) is 11.8 Å². The summed E-state index contributed by atoms with van der Waals surface area (Å²) in [5.74, 6) is 0.425. The lowest BCUT2D eigenvalue weighted by atomic mass is 10.0. The number of rotatable bonds is 5. The van der Waals surface area contributed by atoms with Crippen molar-refractivity contribution in [2.75, 3.05) is 20.5 Å². The van der Waals surface area contributed by atoms with Crippen LogP contribution in [0, 0.1) is 0 Å². The molecule has 0 saturated carbocycles. The van der Waals surface area contributed by atoms with Crippen LogP contribution in [0.4, 0.5) is 0 Å². The molecule has 2 N–H and O–H groups in total. The Kier molecular flexibility index (Phi) is 4.36. The highest BCUT2D eigenvalue weighted by atomic mass is 32.2. The molecule has 19 heavy (non-hydrogen) atoms. The summed E-state index contributed by atoms with van der Waals surface area (Å²) in [4.78, 5) is 8.14. The number of methoxy groups -OCH3 is 2. The predicted octanol–water partition coefficient (Wildman–Crippen LogP) is 0.317. The molecular weight excluding hydrogens is 270 g/mol. The first-order chi connectivity index (χ1) is 8.65. The fourth-order valence-electron chi connectivity index (χ4n) is 1.39. The van der Waals surface area contributed by atoms with Crippen molar-refractivity contribution in [1.29, 1.82) is 0 Å².